The molecule has 0 aliphatic heterocycles. The van der Waals surface area contributed by atoms with Crippen molar-refractivity contribution in [2.75, 3.05) is 32.6 Å². The van der Waals surface area contributed by atoms with Crippen molar-refractivity contribution in [3.63, 3.8) is 0 Å². The highest BCUT2D eigenvalue weighted by molar-refractivity contribution is 7.99. The molecule has 6 nitrogen and oxygen atoms in total. The minimum Gasteiger partial charge on any atom is -0.383 e. The van der Waals surface area contributed by atoms with Gasteiger partial charge in [-0.1, -0.05) is 18.7 Å². The molecule has 1 aromatic heterocycles. The van der Waals surface area contributed by atoms with Gasteiger partial charge in [0.15, 0.2) is 5.16 Å². The number of rotatable bonds is 10. The first-order valence-corrected chi connectivity index (χ1v) is 7.25. The predicted molar refractivity (Wildman–Crippen MR) is 73.2 cm³/mol. The third-order valence-corrected chi connectivity index (χ3v) is 3.45. The Hall–Kier alpha value is -0.790. The van der Waals surface area contributed by atoms with E-state index in [-0.39, 0.29) is 5.69 Å². The highest BCUT2D eigenvalue weighted by atomic mass is 32.2. The maximum Gasteiger partial charge on any atom is 0.343 e. The number of ether oxygens (including phenoxy) is 1. The van der Waals surface area contributed by atoms with Crippen LogP contribution in [0.25, 0.3) is 0 Å². The summed E-state index contributed by atoms with van der Waals surface area (Å²) in [7, 11) is 1.70. The molecule has 0 aliphatic rings. The third-order valence-electron chi connectivity index (χ3n) is 2.38. The van der Waals surface area contributed by atoms with Crippen LogP contribution in [0.4, 0.5) is 0 Å². The Bertz CT molecular complexity index is 377. The Morgan fingerprint density at radius 1 is 1.50 bits per heavy atom. The van der Waals surface area contributed by atoms with Crippen LogP contribution in [0, 0.1) is 0 Å². The van der Waals surface area contributed by atoms with E-state index in [0.29, 0.717) is 0 Å². The first-order chi connectivity index (χ1) is 8.79. The van der Waals surface area contributed by atoms with Crippen molar-refractivity contribution in [3.8, 4) is 0 Å². The van der Waals surface area contributed by atoms with Crippen LogP contribution in [0.1, 0.15) is 19.8 Å². The molecule has 0 saturated carbocycles. The van der Waals surface area contributed by atoms with E-state index in [4.69, 9.17) is 4.74 Å². The minimum absolute atomic E-state index is 0.113. The van der Waals surface area contributed by atoms with Gasteiger partial charge in [-0.2, -0.15) is 0 Å². The van der Waals surface area contributed by atoms with E-state index in [0.717, 1.165) is 50.0 Å². The average molecular weight is 274 g/mol. The fourth-order valence-corrected chi connectivity index (χ4v) is 2.41. The standard InChI is InChI=1S/C11H22N4O2S/c1-3-7-15-10(16)13-14-11(15)18-9-4-5-12-6-8-17-2/h12H,3-9H2,1-2H3,(H,13,16). The quantitative estimate of drug-likeness (QED) is 0.485. The molecule has 0 aromatic carbocycles. The van der Waals surface area contributed by atoms with Crippen molar-refractivity contribution in [1.29, 1.82) is 0 Å². The lowest BCUT2D eigenvalue weighted by molar-refractivity contribution is 0.199. The van der Waals surface area contributed by atoms with Crippen molar-refractivity contribution in [2.24, 2.45) is 0 Å². The zero-order chi connectivity index (χ0) is 13.2. The Labute approximate surface area is 111 Å². The Morgan fingerprint density at radius 2 is 2.33 bits per heavy atom. The first-order valence-electron chi connectivity index (χ1n) is 6.27. The molecule has 1 heterocycles. The van der Waals surface area contributed by atoms with Gasteiger partial charge in [-0.3, -0.25) is 4.57 Å². The molecule has 18 heavy (non-hydrogen) atoms. The summed E-state index contributed by atoms with van der Waals surface area (Å²) in [5.41, 5.74) is -0.113. The number of H-pyrrole nitrogens is 1. The zero-order valence-electron chi connectivity index (χ0n) is 11.1. The second kappa shape index (κ2) is 9.18. The fourth-order valence-electron chi connectivity index (χ4n) is 1.49. The van der Waals surface area contributed by atoms with E-state index < -0.39 is 0 Å². The summed E-state index contributed by atoms with van der Waals surface area (Å²) in [5, 5.41) is 10.6. The van der Waals surface area contributed by atoms with Crippen LogP contribution in [0.5, 0.6) is 0 Å². The molecule has 0 amide bonds. The van der Waals surface area contributed by atoms with Crippen molar-refractivity contribution in [2.45, 2.75) is 31.5 Å². The van der Waals surface area contributed by atoms with E-state index in [1.165, 1.54) is 0 Å². The lowest BCUT2D eigenvalue weighted by atomic mass is 10.5. The van der Waals surface area contributed by atoms with Gasteiger partial charge in [0.05, 0.1) is 6.61 Å². The number of aromatic nitrogens is 3. The smallest absolute Gasteiger partial charge is 0.343 e. The maximum atomic E-state index is 11.4. The van der Waals surface area contributed by atoms with E-state index in [1.54, 1.807) is 23.4 Å². The first kappa shape index (κ1) is 15.3. The summed E-state index contributed by atoms with van der Waals surface area (Å²) in [6, 6.07) is 0. The van der Waals surface area contributed by atoms with E-state index in [2.05, 4.69) is 15.5 Å². The number of nitrogens with one attached hydrogen (secondary N) is 2. The second-order valence-corrected chi connectivity index (χ2v) is 4.97. The molecule has 7 heteroatoms. The summed E-state index contributed by atoms with van der Waals surface area (Å²) in [5.74, 6) is 0.952. The zero-order valence-corrected chi connectivity index (χ0v) is 11.9. The number of hydrogen-bond acceptors (Lipinski definition) is 5. The maximum absolute atomic E-state index is 11.4. The minimum atomic E-state index is -0.113. The molecule has 1 aromatic rings. The van der Waals surface area contributed by atoms with E-state index in [9.17, 15) is 4.79 Å². The van der Waals surface area contributed by atoms with E-state index >= 15 is 0 Å². The summed E-state index contributed by atoms with van der Waals surface area (Å²) in [4.78, 5) is 11.4. The highest BCUT2D eigenvalue weighted by Crippen LogP contribution is 2.13. The lowest BCUT2D eigenvalue weighted by Crippen LogP contribution is -2.20. The van der Waals surface area contributed by atoms with Gasteiger partial charge in [-0.05, 0) is 19.4 Å². The molecule has 0 radical (unpaired) electrons. The monoisotopic (exact) mass is 274 g/mol. The van der Waals surface area contributed by atoms with Crippen LogP contribution in [-0.4, -0.2) is 47.3 Å². The summed E-state index contributed by atoms with van der Waals surface area (Å²) in [6.07, 6.45) is 1.98. The number of hydrogen-bond donors (Lipinski definition) is 2. The highest BCUT2D eigenvalue weighted by Gasteiger charge is 2.06. The van der Waals surface area contributed by atoms with Gasteiger partial charge >= 0.3 is 5.69 Å². The molecule has 0 saturated heterocycles. The van der Waals surface area contributed by atoms with E-state index in [1.807, 2.05) is 6.92 Å². The number of aromatic amines is 1. The molecule has 0 atom stereocenters. The average Bonchev–Trinajstić information content (AvgIpc) is 2.71. The lowest BCUT2D eigenvalue weighted by Gasteiger charge is -2.04. The largest absolute Gasteiger partial charge is 0.383 e. The summed E-state index contributed by atoms with van der Waals surface area (Å²) >= 11 is 1.62. The van der Waals surface area contributed by atoms with Gasteiger partial charge in [0, 0.05) is 26.0 Å². The summed E-state index contributed by atoms with van der Waals surface area (Å²) < 4.78 is 6.64. The van der Waals surface area contributed by atoms with Crippen LogP contribution < -0.4 is 11.0 Å². The van der Waals surface area contributed by atoms with Crippen LogP contribution in [0.3, 0.4) is 0 Å². The molecule has 2 N–H and O–H groups in total. The van der Waals surface area contributed by atoms with Gasteiger partial charge in [-0.15, -0.1) is 5.10 Å². The molecular weight excluding hydrogens is 252 g/mol. The molecule has 0 unspecified atom stereocenters. The Kier molecular flexibility index (Phi) is 7.79. The van der Waals surface area contributed by atoms with Crippen molar-refractivity contribution >= 4 is 11.8 Å². The molecule has 0 fully saturated rings. The number of nitrogens with zero attached hydrogens (tertiary/aromatic N) is 2. The number of methoxy groups -OCH3 is 1. The van der Waals surface area contributed by atoms with Gasteiger partial charge in [0.1, 0.15) is 0 Å². The van der Waals surface area contributed by atoms with Crippen molar-refractivity contribution in [1.82, 2.24) is 20.1 Å². The molecule has 104 valence electrons. The predicted octanol–water partition coefficient (Wildman–Crippen LogP) is 0.700. The van der Waals surface area contributed by atoms with Gasteiger partial charge in [0.2, 0.25) is 0 Å². The molecule has 0 aliphatic carbocycles. The Balaban J connectivity index is 2.21. The fraction of sp³-hybridized carbons (Fsp3) is 0.818. The summed E-state index contributed by atoms with van der Waals surface area (Å²) in [6.45, 7) is 5.35. The van der Waals surface area contributed by atoms with Crippen LogP contribution in [-0.2, 0) is 11.3 Å². The second-order valence-electron chi connectivity index (χ2n) is 3.91. The number of thioether (sulfide) groups is 1. The third kappa shape index (κ3) is 5.24. The van der Waals surface area contributed by atoms with Crippen molar-refractivity contribution in [3.05, 3.63) is 10.5 Å². The molecule has 0 bridgehead atoms. The van der Waals surface area contributed by atoms with Crippen LogP contribution in [0.2, 0.25) is 0 Å². The van der Waals surface area contributed by atoms with Gasteiger partial charge < -0.3 is 10.1 Å². The molecule has 0 spiro atoms. The topological polar surface area (TPSA) is 71.9 Å². The van der Waals surface area contributed by atoms with Crippen molar-refractivity contribution < 1.29 is 4.74 Å². The van der Waals surface area contributed by atoms with Crippen LogP contribution in [0.15, 0.2) is 9.95 Å². The van der Waals surface area contributed by atoms with Crippen LogP contribution >= 0.6 is 11.8 Å². The Morgan fingerprint density at radius 3 is 3.06 bits per heavy atom. The van der Waals surface area contributed by atoms with Gasteiger partial charge in [-0.25, -0.2) is 9.89 Å². The molecular formula is C11H22N4O2S. The van der Waals surface area contributed by atoms with Gasteiger partial charge in [0.25, 0.3) is 0 Å². The normalized spacial score (nSPS) is 11.0. The molecule has 1 rings (SSSR count). The SMILES string of the molecule is CCCn1c(SCCCNCCOC)n[nH]c1=O.